The molecule has 1 aromatic carbocycles. The van der Waals surface area contributed by atoms with E-state index in [0.29, 0.717) is 19.0 Å². The summed E-state index contributed by atoms with van der Waals surface area (Å²) in [4.78, 5) is 14.1. The Morgan fingerprint density at radius 3 is 3.00 bits per heavy atom. The summed E-state index contributed by atoms with van der Waals surface area (Å²) in [6, 6.07) is 6.37. The third-order valence-corrected chi connectivity index (χ3v) is 4.82. The molecule has 1 aliphatic heterocycles. The zero-order chi connectivity index (χ0) is 15.2. The van der Waals surface area contributed by atoms with Gasteiger partial charge < -0.3 is 15.0 Å². The van der Waals surface area contributed by atoms with Gasteiger partial charge in [0.15, 0.2) is 0 Å². The molecule has 1 N–H and O–H groups in total. The van der Waals surface area contributed by atoms with Crippen LogP contribution in [0.3, 0.4) is 0 Å². The molecular weight excluding hydrogens is 284 g/mol. The first-order chi connectivity index (χ1) is 10.1. The Morgan fingerprint density at radius 2 is 2.33 bits per heavy atom. The number of thioether (sulfide) groups is 1. The molecule has 1 amide bonds. The first-order valence-electron chi connectivity index (χ1n) is 7.28. The van der Waals surface area contributed by atoms with Crippen molar-refractivity contribution in [2.45, 2.75) is 25.9 Å². The lowest BCUT2D eigenvalue weighted by molar-refractivity contribution is -0.130. The molecule has 21 heavy (non-hydrogen) atoms. The summed E-state index contributed by atoms with van der Waals surface area (Å²) in [5.74, 6) is 3.18. The molecular formula is C16H24N2O2S. The molecule has 0 aliphatic carbocycles. The number of benzene rings is 1. The van der Waals surface area contributed by atoms with Crippen LogP contribution in [0.5, 0.6) is 5.75 Å². The van der Waals surface area contributed by atoms with E-state index < -0.39 is 0 Å². The highest BCUT2D eigenvalue weighted by atomic mass is 32.2. The lowest BCUT2D eigenvalue weighted by Crippen LogP contribution is -2.41. The second-order valence-electron chi connectivity index (χ2n) is 5.50. The van der Waals surface area contributed by atoms with Gasteiger partial charge in [0, 0.05) is 49.7 Å². The SMILES string of the molecule is COc1ccc(C)cc1CN(C)C(=O)CC1CSCCN1. The molecule has 0 spiro atoms. The van der Waals surface area contributed by atoms with Crippen LogP contribution < -0.4 is 10.1 Å². The molecule has 1 saturated heterocycles. The molecule has 1 fully saturated rings. The summed E-state index contributed by atoms with van der Waals surface area (Å²) >= 11 is 1.92. The Bertz CT molecular complexity index is 487. The third-order valence-electron chi connectivity index (χ3n) is 3.69. The lowest BCUT2D eigenvalue weighted by atomic mass is 10.1. The van der Waals surface area contributed by atoms with E-state index in [1.807, 2.05) is 37.9 Å². The minimum absolute atomic E-state index is 0.179. The molecule has 116 valence electrons. The lowest BCUT2D eigenvalue weighted by Gasteiger charge is -2.25. The van der Waals surface area contributed by atoms with Crippen LogP contribution in [-0.4, -0.2) is 49.1 Å². The van der Waals surface area contributed by atoms with Crippen molar-refractivity contribution in [3.63, 3.8) is 0 Å². The van der Waals surface area contributed by atoms with Crippen molar-refractivity contribution in [3.8, 4) is 5.75 Å². The van der Waals surface area contributed by atoms with Crippen LogP contribution >= 0.6 is 11.8 Å². The van der Waals surface area contributed by atoms with Crippen LogP contribution in [0, 0.1) is 6.92 Å². The van der Waals surface area contributed by atoms with E-state index in [9.17, 15) is 4.79 Å². The van der Waals surface area contributed by atoms with Gasteiger partial charge in [0.2, 0.25) is 5.91 Å². The van der Waals surface area contributed by atoms with E-state index in [1.54, 1.807) is 12.0 Å². The van der Waals surface area contributed by atoms with Crippen LogP contribution in [0.1, 0.15) is 17.5 Å². The number of amides is 1. The predicted octanol–water partition coefficient (Wildman–Crippen LogP) is 2.06. The molecule has 1 aliphatic rings. The van der Waals surface area contributed by atoms with Gasteiger partial charge in [-0.15, -0.1) is 0 Å². The van der Waals surface area contributed by atoms with Crippen molar-refractivity contribution in [2.24, 2.45) is 0 Å². The number of ether oxygens (including phenoxy) is 1. The van der Waals surface area contributed by atoms with Crippen molar-refractivity contribution in [2.75, 3.05) is 32.2 Å². The van der Waals surface area contributed by atoms with Gasteiger partial charge in [0.05, 0.1) is 7.11 Å². The number of nitrogens with zero attached hydrogens (tertiary/aromatic N) is 1. The van der Waals surface area contributed by atoms with Gasteiger partial charge in [-0.05, 0) is 13.0 Å². The Labute approximate surface area is 131 Å². The smallest absolute Gasteiger partial charge is 0.224 e. The number of rotatable bonds is 5. The second kappa shape index (κ2) is 7.71. The minimum atomic E-state index is 0.179. The molecule has 1 unspecified atom stereocenters. The Morgan fingerprint density at radius 1 is 1.52 bits per heavy atom. The molecule has 1 atom stereocenters. The van der Waals surface area contributed by atoms with Crippen LogP contribution in [0.4, 0.5) is 0 Å². The fraction of sp³-hybridized carbons (Fsp3) is 0.562. The van der Waals surface area contributed by atoms with Gasteiger partial charge in [0.25, 0.3) is 0 Å². The van der Waals surface area contributed by atoms with Crippen LogP contribution in [0.2, 0.25) is 0 Å². The van der Waals surface area contributed by atoms with E-state index in [0.717, 1.165) is 29.4 Å². The van der Waals surface area contributed by atoms with Gasteiger partial charge in [0.1, 0.15) is 5.75 Å². The predicted molar refractivity (Wildman–Crippen MR) is 87.9 cm³/mol. The summed E-state index contributed by atoms with van der Waals surface area (Å²) in [5.41, 5.74) is 2.23. The second-order valence-corrected chi connectivity index (χ2v) is 6.65. The van der Waals surface area contributed by atoms with E-state index in [4.69, 9.17) is 4.74 Å². The summed E-state index contributed by atoms with van der Waals surface area (Å²) in [5, 5.41) is 3.41. The molecule has 1 heterocycles. The van der Waals surface area contributed by atoms with Gasteiger partial charge in [-0.2, -0.15) is 11.8 Å². The zero-order valence-electron chi connectivity index (χ0n) is 13.0. The minimum Gasteiger partial charge on any atom is -0.496 e. The monoisotopic (exact) mass is 308 g/mol. The molecule has 0 saturated carbocycles. The normalized spacial score (nSPS) is 18.3. The van der Waals surface area contributed by atoms with E-state index in [1.165, 1.54) is 5.56 Å². The topological polar surface area (TPSA) is 41.6 Å². The number of aryl methyl sites for hydroxylation is 1. The maximum absolute atomic E-state index is 12.3. The standard InChI is InChI=1S/C16H24N2O2S/c1-12-4-5-15(20-3)13(8-12)10-18(2)16(19)9-14-11-21-7-6-17-14/h4-5,8,14,17H,6-7,9-11H2,1-3H3. The highest BCUT2D eigenvalue weighted by Crippen LogP contribution is 2.21. The molecule has 0 radical (unpaired) electrons. The van der Waals surface area contributed by atoms with Gasteiger partial charge in [-0.1, -0.05) is 17.7 Å². The van der Waals surface area contributed by atoms with Crippen molar-refractivity contribution in [1.82, 2.24) is 10.2 Å². The number of hydrogen-bond acceptors (Lipinski definition) is 4. The van der Waals surface area contributed by atoms with Crippen molar-refractivity contribution in [3.05, 3.63) is 29.3 Å². The Hall–Kier alpha value is -1.20. The van der Waals surface area contributed by atoms with Crippen molar-refractivity contribution < 1.29 is 9.53 Å². The third kappa shape index (κ3) is 4.64. The molecule has 4 nitrogen and oxygen atoms in total. The molecule has 0 bridgehead atoms. The average Bonchev–Trinajstić information content (AvgIpc) is 2.48. The fourth-order valence-corrected chi connectivity index (χ4v) is 3.44. The Kier molecular flexibility index (Phi) is 5.94. The van der Waals surface area contributed by atoms with E-state index in [2.05, 4.69) is 11.4 Å². The van der Waals surface area contributed by atoms with Crippen molar-refractivity contribution >= 4 is 17.7 Å². The molecule has 2 rings (SSSR count). The van der Waals surface area contributed by atoms with Gasteiger partial charge in [-0.25, -0.2) is 0 Å². The largest absolute Gasteiger partial charge is 0.496 e. The molecule has 5 heteroatoms. The summed E-state index contributed by atoms with van der Waals surface area (Å²) in [6.07, 6.45) is 0.567. The highest BCUT2D eigenvalue weighted by Gasteiger charge is 2.19. The quantitative estimate of drug-likeness (QED) is 0.904. The van der Waals surface area contributed by atoms with Gasteiger partial charge in [-0.3, -0.25) is 4.79 Å². The first-order valence-corrected chi connectivity index (χ1v) is 8.44. The zero-order valence-corrected chi connectivity index (χ0v) is 13.8. The highest BCUT2D eigenvalue weighted by molar-refractivity contribution is 7.99. The summed E-state index contributed by atoms with van der Waals surface area (Å²) in [6.45, 7) is 3.63. The molecule has 1 aromatic rings. The molecule has 0 aromatic heterocycles. The Balaban J connectivity index is 1.95. The first kappa shape index (κ1) is 16.2. The van der Waals surface area contributed by atoms with E-state index in [-0.39, 0.29) is 5.91 Å². The fourth-order valence-electron chi connectivity index (χ4n) is 2.49. The summed E-state index contributed by atoms with van der Waals surface area (Å²) in [7, 11) is 3.53. The number of nitrogens with one attached hydrogen (secondary N) is 1. The van der Waals surface area contributed by atoms with Gasteiger partial charge >= 0.3 is 0 Å². The van der Waals surface area contributed by atoms with Crippen LogP contribution in [0.25, 0.3) is 0 Å². The number of carbonyl (C=O) groups is 1. The number of hydrogen-bond donors (Lipinski definition) is 1. The maximum atomic E-state index is 12.3. The maximum Gasteiger partial charge on any atom is 0.224 e. The van der Waals surface area contributed by atoms with Crippen LogP contribution in [-0.2, 0) is 11.3 Å². The van der Waals surface area contributed by atoms with Crippen molar-refractivity contribution in [1.29, 1.82) is 0 Å². The summed E-state index contributed by atoms with van der Waals surface area (Å²) < 4.78 is 5.38. The number of carbonyl (C=O) groups excluding carboxylic acids is 1. The number of methoxy groups -OCH3 is 1. The average molecular weight is 308 g/mol. The van der Waals surface area contributed by atoms with Crippen LogP contribution in [0.15, 0.2) is 18.2 Å². The van der Waals surface area contributed by atoms with E-state index >= 15 is 0 Å².